The van der Waals surface area contributed by atoms with Crippen molar-refractivity contribution < 1.29 is 0 Å². The highest BCUT2D eigenvalue weighted by atomic mass is 15.1. The monoisotopic (exact) mass is 309 g/mol. The number of rotatable bonds is 5. The Labute approximate surface area is 139 Å². The molecule has 0 saturated carbocycles. The van der Waals surface area contributed by atoms with Gasteiger partial charge in [-0.25, -0.2) is 0 Å². The van der Waals surface area contributed by atoms with Crippen LogP contribution in [-0.4, -0.2) is 36.1 Å². The van der Waals surface area contributed by atoms with Gasteiger partial charge in [0.25, 0.3) is 0 Å². The van der Waals surface area contributed by atoms with Crippen LogP contribution in [0.2, 0.25) is 0 Å². The molecule has 0 aliphatic carbocycles. The molecule has 23 heavy (non-hydrogen) atoms. The minimum Gasteiger partial charge on any atom is -0.384 e. The maximum atomic E-state index is 4.44. The van der Waals surface area contributed by atoms with Gasteiger partial charge in [-0.3, -0.25) is 9.88 Å². The van der Waals surface area contributed by atoms with Crippen molar-refractivity contribution in [2.75, 3.05) is 31.5 Å². The second-order valence-electron chi connectivity index (χ2n) is 7.25. The van der Waals surface area contributed by atoms with Crippen molar-refractivity contribution in [3.8, 4) is 0 Å². The molecule has 2 aromatic rings. The first-order chi connectivity index (χ1) is 11.1. The standard InChI is InChI=1S/C20H27N3/c1-4-12-23-13-10-16(20(2,3)15-23)14-22-19-9-11-21-18-8-6-5-7-17(18)19/h4-9,11,16H,1,10,12-15H2,2-3H3,(H,21,22). The molecule has 3 nitrogen and oxygen atoms in total. The Hall–Kier alpha value is -1.87. The molecule has 2 heterocycles. The molecule has 0 radical (unpaired) electrons. The molecule has 1 saturated heterocycles. The Bertz CT molecular complexity index is 672. The third kappa shape index (κ3) is 3.56. The van der Waals surface area contributed by atoms with Gasteiger partial charge < -0.3 is 5.32 Å². The van der Waals surface area contributed by atoms with Crippen LogP contribution in [0.15, 0.2) is 49.2 Å². The number of benzene rings is 1. The van der Waals surface area contributed by atoms with Gasteiger partial charge >= 0.3 is 0 Å². The number of nitrogens with zero attached hydrogens (tertiary/aromatic N) is 2. The molecule has 3 rings (SSSR count). The molecule has 1 N–H and O–H groups in total. The molecule has 1 aromatic carbocycles. The highest BCUT2D eigenvalue weighted by Gasteiger charge is 2.35. The lowest BCUT2D eigenvalue weighted by molar-refractivity contribution is 0.0697. The van der Waals surface area contributed by atoms with Crippen molar-refractivity contribution in [3.63, 3.8) is 0 Å². The van der Waals surface area contributed by atoms with Crippen molar-refractivity contribution in [3.05, 3.63) is 49.2 Å². The molecule has 0 spiro atoms. The molecule has 3 heteroatoms. The Morgan fingerprint density at radius 1 is 1.35 bits per heavy atom. The van der Waals surface area contributed by atoms with E-state index in [9.17, 15) is 0 Å². The van der Waals surface area contributed by atoms with Crippen molar-refractivity contribution in [2.24, 2.45) is 11.3 Å². The van der Waals surface area contributed by atoms with Crippen LogP contribution in [-0.2, 0) is 0 Å². The van der Waals surface area contributed by atoms with Crippen LogP contribution < -0.4 is 5.32 Å². The number of fused-ring (bicyclic) bond motifs is 1. The van der Waals surface area contributed by atoms with E-state index < -0.39 is 0 Å². The van der Waals surface area contributed by atoms with Crippen LogP contribution >= 0.6 is 0 Å². The quantitative estimate of drug-likeness (QED) is 0.840. The molecule has 0 bridgehead atoms. The second kappa shape index (κ2) is 6.71. The molecule has 1 fully saturated rings. The normalized spacial score (nSPS) is 21.2. The Balaban J connectivity index is 1.69. The second-order valence-corrected chi connectivity index (χ2v) is 7.25. The van der Waals surface area contributed by atoms with Gasteiger partial charge in [0.1, 0.15) is 0 Å². The third-order valence-corrected chi connectivity index (χ3v) is 5.11. The minimum absolute atomic E-state index is 0.317. The van der Waals surface area contributed by atoms with Crippen LogP contribution in [0, 0.1) is 11.3 Å². The summed E-state index contributed by atoms with van der Waals surface area (Å²) < 4.78 is 0. The van der Waals surface area contributed by atoms with Gasteiger partial charge in [-0.15, -0.1) is 6.58 Å². The zero-order chi connectivity index (χ0) is 16.3. The lowest BCUT2D eigenvalue weighted by Crippen LogP contribution is -2.47. The summed E-state index contributed by atoms with van der Waals surface area (Å²) in [6, 6.07) is 10.4. The summed E-state index contributed by atoms with van der Waals surface area (Å²) in [7, 11) is 0. The first-order valence-corrected chi connectivity index (χ1v) is 8.51. The van der Waals surface area contributed by atoms with Crippen LogP contribution in [0.3, 0.4) is 0 Å². The van der Waals surface area contributed by atoms with Gasteiger partial charge in [-0.2, -0.15) is 0 Å². The van der Waals surface area contributed by atoms with E-state index >= 15 is 0 Å². The van der Waals surface area contributed by atoms with Gasteiger partial charge in [0.2, 0.25) is 0 Å². The SMILES string of the molecule is C=CCN1CCC(CNc2ccnc3ccccc23)C(C)(C)C1. The molecule has 1 aromatic heterocycles. The van der Waals surface area contributed by atoms with E-state index in [1.807, 2.05) is 18.3 Å². The highest BCUT2D eigenvalue weighted by molar-refractivity contribution is 5.90. The van der Waals surface area contributed by atoms with E-state index in [0.717, 1.165) is 25.2 Å². The lowest BCUT2D eigenvalue weighted by atomic mass is 9.74. The Morgan fingerprint density at radius 3 is 2.96 bits per heavy atom. The number of nitrogens with one attached hydrogen (secondary N) is 1. The molecule has 0 amide bonds. The molecule has 1 aliphatic heterocycles. The Kier molecular flexibility index (Phi) is 4.67. The molecule has 1 unspecified atom stereocenters. The fourth-order valence-electron chi connectivity index (χ4n) is 3.71. The minimum atomic E-state index is 0.317. The summed E-state index contributed by atoms with van der Waals surface area (Å²) in [5, 5.41) is 4.89. The molecule has 1 atom stereocenters. The first-order valence-electron chi connectivity index (χ1n) is 8.51. The molecule has 122 valence electrons. The fourth-order valence-corrected chi connectivity index (χ4v) is 3.71. The third-order valence-electron chi connectivity index (χ3n) is 5.11. The maximum Gasteiger partial charge on any atom is 0.0722 e. The van der Waals surface area contributed by atoms with E-state index in [0.29, 0.717) is 11.3 Å². The van der Waals surface area contributed by atoms with Crippen LogP contribution in [0.4, 0.5) is 5.69 Å². The van der Waals surface area contributed by atoms with Crippen LogP contribution in [0.1, 0.15) is 20.3 Å². The molecule has 1 aliphatic rings. The van der Waals surface area contributed by atoms with E-state index in [4.69, 9.17) is 0 Å². The summed E-state index contributed by atoms with van der Waals surface area (Å²) in [5.41, 5.74) is 2.56. The highest BCUT2D eigenvalue weighted by Crippen LogP contribution is 2.35. The van der Waals surface area contributed by atoms with Crippen LogP contribution in [0.25, 0.3) is 10.9 Å². The summed E-state index contributed by atoms with van der Waals surface area (Å²) in [6.45, 7) is 13.0. The maximum absolute atomic E-state index is 4.44. The van der Waals surface area contributed by atoms with Crippen molar-refractivity contribution in [2.45, 2.75) is 20.3 Å². The Morgan fingerprint density at radius 2 is 2.17 bits per heavy atom. The molecular weight excluding hydrogens is 282 g/mol. The number of anilines is 1. The smallest absolute Gasteiger partial charge is 0.0722 e. The summed E-state index contributed by atoms with van der Waals surface area (Å²) in [5.74, 6) is 0.676. The lowest BCUT2D eigenvalue weighted by Gasteiger charge is -2.44. The summed E-state index contributed by atoms with van der Waals surface area (Å²) in [6.07, 6.45) is 5.14. The van der Waals surface area contributed by atoms with Crippen molar-refractivity contribution in [1.29, 1.82) is 0 Å². The fraction of sp³-hybridized carbons (Fsp3) is 0.450. The van der Waals surface area contributed by atoms with Crippen molar-refractivity contribution >= 4 is 16.6 Å². The predicted molar refractivity (Wildman–Crippen MR) is 98.8 cm³/mol. The number of aromatic nitrogens is 1. The van der Waals surface area contributed by atoms with Crippen molar-refractivity contribution in [1.82, 2.24) is 9.88 Å². The number of hydrogen-bond donors (Lipinski definition) is 1. The van der Waals surface area contributed by atoms with Crippen LogP contribution in [0.5, 0.6) is 0 Å². The average molecular weight is 309 g/mol. The summed E-state index contributed by atoms with van der Waals surface area (Å²) in [4.78, 5) is 6.94. The number of likely N-dealkylation sites (tertiary alicyclic amines) is 1. The average Bonchev–Trinajstić information content (AvgIpc) is 2.54. The topological polar surface area (TPSA) is 28.2 Å². The van der Waals surface area contributed by atoms with E-state index in [-0.39, 0.29) is 0 Å². The number of para-hydroxylation sites is 1. The van der Waals surface area contributed by atoms with Gasteiger partial charge in [0.15, 0.2) is 0 Å². The van der Waals surface area contributed by atoms with E-state index in [2.05, 4.69) is 59.9 Å². The largest absolute Gasteiger partial charge is 0.384 e. The first kappa shape index (κ1) is 16.0. The van der Waals surface area contributed by atoms with Gasteiger partial charge in [-0.05, 0) is 36.4 Å². The summed E-state index contributed by atoms with van der Waals surface area (Å²) >= 11 is 0. The zero-order valence-corrected chi connectivity index (χ0v) is 14.3. The zero-order valence-electron chi connectivity index (χ0n) is 14.3. The van der Waals surface area contributed by atoms with E-state index in [1.54, 1.807) is 0 Å². The van der Waals surface area contributed by atoms with Gasteiger partial charge in [-0.1, -0.05) is 38.1 Å². The van der Waals surface area contributed by atoms with Gasteiger partial charge in [0.05, 0.1) is 5.52 Å². The molecular formula is C20H27N3. The van der Waals surface area contributed by atoms with E-state index in [1.165, 1.54) is 24.0 Å². The number of piperidine rings is 1. The predicted octanol–water partition coefficient (Wildman–Crippen LogP) is 4.18. The number of pyridine rings is 1. The van der Waals surface area contributed by atoms with Gasteiger partial charge in [0, 0.05) is 36.9 Å². The number of hydrogen-bond acceptors (Lipinski definition) is 3.